The number of benzene rings is 1. The van der Waals surface area contributed by atoms with E-state index in [1.807, 2.05) is 0 Å². The molecule has 0 radical (unpaired) electrons. The number of aryl methyl sites for hydroxylation is 1. The molecule has 2 aliphatic heterocycles. The summed E-state index contributed by atoms with van der Waals surface area (Å²) < 4.78 is 71.2. The van der Waals surface area contributed by atoms with E-state index in [2.05, 4.69) is 51.8 Å². The second-order valence-corrected chi connectivity index (χ2v) is 8.53. The quantitative estimate of drug-likeness (QED) is 0.555. The topological polar surface area (TPSA) is 108 Å². The number of aromatic nitrogens is 2. The zero-order valence-corrected chi connectivity index (χ0v) is 20.4. The Hall–Kier alpha value is -3.17. The van der Waals surface area contributed by atoms with Gasteiger partial charge in [-0.2, -0.15) is 26.3 Å². The van der Waals surface area contributed by atoms with Crippen LogP contribution in [0.4, 0.5) is 26.3 Å². The zero-order chi connectivity index (χ0) is 28.5. The Morgan fingerprint density at radius 3 is 1.89 bits per heavy atom. The maximum absolute atomic E-state index is 10.6. The largest absolute Gasteiger partial charge is 0.490 e. The van der Waals surface area contributed by atoms with E-state index in [1.54, 1.807) is 0 Å². The number of hydrogen-bond acceptors (Lipinski definition) is 6. The van der Waals surface area contributed by atoms with Crippen LogP contribution in [-0.2, 0) is 40.5 Å². The third-order valence-electron chi connectivity index (χ3n) is 5.43. The van der Waals surface area contributed by atoms with Crippen LogP contribution in [0.25, 0.3) is 0 Å². The van der Waals surface area contributed by atoms with Gasteiger partial charge < -0.3 is 19.5 Å². The molecule has 1 aromatic carbocycles. The molecule has 0 aliphatic carbocycles. The van der Waals surface area contributed by atoms with Crippen LogP contribution in [0.3, 0.4) is 0 Å². The summed E-state index contributed by atoms with van der Waals surface area (Å²) >= 11 is 0. The molecule has 2 aromatic rings. The third kappa shape index (κ3) is 10.7. The van der Waals surface area contributed by atoms with E-state index in [4.69, 9.17) is 29.5 Å². The molecule has 3 heterocycles. The van der Waals surface area contributed by atoms with E-state index >= 15 is 0 Å². The minimum Gasteiger partial charge on any atom is -0.475 e. The van der Waals surface area contributed by atoms with Crippen LogP contribution in [-0.4, -0.2) is 86.7 Å². The molecule has 2 N–H and O–H groups in total. The first-order valence-corrected chi connectivity index (χ1v) is 11.4. The summed E-state index contributed by atoms with van der Waals surface area (Å²) in [6, 6.07) is 8.86. The molecule has 1 aromatic heterocycles. The fourth-order valence-electron chi connectivity index (χ4n) is 3.51. The molecule has 0 bridgehead atoms. The smallest absolute Gasteiger partial charge is 0.475 e. The number of nitrogens with zero attached hydrogens (tertiary/aromatic N) is 4. The molecule has 2 aliphatic rings. The van der Waals surface area contributed by atoms with Crippen molar-refractivity contribution in [3.63, 3.8) is 0 Å². The van der Waals surface area contributed by atoms with Crippen molar-refractivity contribution in [1.82, 2.24) is 19.4 Å². The summed E-state index contributed by atoms with van der Waals surface area (Å²) in [7, 11) is 0. The first-order valence-electron chi connectivity index (χ1n) is 11.4. The molecule has 0 saturated carbocycles. The van der Waals surface area contributed by atoms with Gasteiger partial charge in [0, 0.05) is 45.5 Å². The summed E-state index contributed by atoms with van der Waals surface area (Å²) in [6.07, 6.45) is -7.92. The standard InChI is InChI=1S/C19H26N4O.2C2HF3O2/c1-16-2-4-17(5-3-16)12-22-6-7-23-14-18(20-19(23)15-22)13-21-8-10-24-11-9-21;2*3-2(4,5)1(6)7/h2-5,14H,6-13,15H2,1H3;2*(H,6,7). The number of fused-ring (bicyclic) bond motifs is 1. The van der Waals surface area contributed by atoms with Crippen molar-refractivity contribution in [3.8, 4) is 0 Å². The lowest BCUT2D eigenvalue weighted by Crippen LogP contribution is -2.35. The van der Waals surface area contributed by atoms with Crippen LogP contribution >= 0.6 is 0 Å². The predicted octanol–water partition coefficient (Wildman–Crippen LogP) is 3.31. The lowest BCUT2D eigenvalue weighted by molar-refractivity contribution is -0.193. The summed E-state index contributed by atoms with van der Waals surface area (Å²) in [5.74, 6) is -4.31. The summed E-state index contributed by atoms with van der Waals surface area (Å²) in [5.41, 5.74) is 3.90. The maximum atomic E-state index is 10.6. The van der Waals surface area contributed by atoms with Gasteiger partial charge in [-0.1, -0.05) is 29.8 Å². The van der Waals surface area contributed by atoms with Gasteiger partial charge in [-0.15, -0.1) is 0 Å². The predicted molar refractivity (Wildman–Crippen MR) is 121 cm³/mol. The van der Waals surface area contributed by atoms with Crippen LogP contribution in [0.1, 0.15) is 22.6 Å². The monoisotopic (exact) mass is 554 g/mol. The van der Waals surface area contributed by atoms with E-state index < -0.39 is 24.3 Å². The molecule has 0 amide bonds. The number of carbonyl (C=O) groups is 2. The average Bonchev–Trinajstić information content (AvgIpc) is 3.22. The van der Waals surface area contributed by atoms with Gasteiger partial charge in [0.15, 0.2) is 0 Å². The molecule has 212 valence electrons. The zero-order valence-electron chi connectivity index (χ0n) is 20.4. The fraction of sp³-hybridized carbons (Fsp3) is 0.522. The molecule has 4 rings (SSSR count). The van der Waals surface area contributed by atoms with Crippen molar-refractivity contribution < 1.29 is 50.9 Å². The molecule has 1 fully saturated rings. The van der Waals surface area contributed by atoms with E-state index in [0.29, 0.717) is 0 Å². The molecule has 0 spiro atoms. The second-order valence-electron chi connectivity index (χ2n) is 8.53. The minimum absolute atomic E-state index is 0.845. The molecule has 9 nitrogen and oxygen atoms in total. The Labute approximate surface area is 214 Å². The van der Waals surface area contributed by atoms with Crippen LogP contribution in [0.15, 0.2) is 30.5 Å². The first kappa shape index (κ1) is 31.1. The fourth-order valence-corrected chi connectivity index (χ4v) is 3.51. The van der Waals surface area contributed by atoms with Crippen LogP contribution < -0.4 is 0 Å². The number of imidazole rings is 1. The van der Waals surface area contributed by atoms with Gasteiger partial charge in [0.25, 0.3) is 0 Å². The molecular weight excluding hydrogens is 526 g/mol. The Bertz CT molecular complexity index is 1030. The number of morpholine rings is 1. The minimum atomic E-state index is -5.08. The summed E-state index contributed by atoms with van der Waals surface area (Å²) in [6.45, 7) is 10.9. The van der Waals surface area contributed by atoms with E-state index in [1.165, 1.54) is 22.6 Å². The molecule has 15 heteroatoms. The number of ether oxygens (including phenoxy) is 1. The Balaban J connectivity index is 0.000000301. The van der Waals surface area contributed by atoms with Crippen LogP contribution in [0.5, 0.6) is 0 Å². The highest BCUT2D eigenvalue weighted by Gasteiger charge is 2.38. The highest BCUT2D eigenvalue weighted by molar-refractivity contribution is 5.73. The molecular formula is C23H28F6N4O5. The summed E-state index contributed by atoms with van der Waals surface area (Å²) in [5, 5.41) is 14.2. The SMILES string of the molecule is Cc1ccc(CN2CCn3cc(CN4CCOCC4)nc3C2)cc1.O=C(O)C(F)(F)F.O=C(O)C(F)(F)F. The maximum Gasteiger partial charge on any atom is 0.490 e. The van der Waals surface area contributed by atoms with Crippen molar-refractivity contribution in [2.75, 3.05) is 32.8 Å². The molecule has 1 saturated heterocycles. The number of carboxylic acids is 2. The van der Waals surface area contributed by atoms with Gasteiger partial charge in [-0.3, -0.25) is 9.80 Å². The number of rotatable bonds is 4. The Morgan fingerprint density at radius 1 is 0.868 bits per heavy atom. The van der Waals surface area contributed by atoms with Gasteiger partial charge in [-0.25, -0.2) is 14.6 Å². The highest BCUT2D eigenvalue weighted by atomic mass is 19.4. The van der Waals surface area contributed by atoms with Gasteiger partial charge in [-0.05, 0) is 12.5 Å². The number of aliphatic carboxylic acids is 2. The summed E-state index contributed by atoms with van der Waals surface area (Å²) in [4.78, 5) is 27.6. The van der Waals surface area contributed by atoms with Crippen molar-refractivity contribution in [3.05, 3.63) is 53.1 Å². The molecule has 38 heavy (non-hydrogen) atoms. The van der Waals surface area contributed by atoms with Gasteiger partial charge >= 0.3 is 24.3 Å². The molecule has 0 unspecified atom stereocenters. The van der Waals surface area contributed by atoms with E-state index in [9.17, 15) is 26.3 Å². The third-order valence-corrected chi connectivity index (χ3v) is 5.43. The Kier molecular flexibility index (Phi) is 11.1. The van der Waals surface area contributed by atoms with E-state index in [0.717, 1.165) is 59.0 Å². The lowest BCUT2D eigenvalue weighted by Gasteiger charge is -2.27. The van der Waals surface area contributed by atoms with E-state index in [-0.39, 0.29) is 0 Å². The van der Waals surface area contributed by atoms with Crippen molar-refractivity contribution in [2.45, 2.75) is 45.5 Å². The average molecular weight is 554 g/mol. The van der Waals surface area contributed by atoms with Crippen molar-refractivity contribution >= 4 is 11.9 Å². The van der Waals surface area contributed by atoms with Gasteiger partial charge in [0.2, 0.25) is 0 Å². The number of halogens is 6. The Morgan fingerprint density at radius 2 is 1.39 bits per heavy atom. The van der Waals surface area contributed by atoms with Crippen LogP contribution in [0.2, 0.25) is 0 Å². The number of alkyl halides is 6. The van der Waals surface area contributed by atoms with Gasteiger partial charge in [0.1, 0.15) is 5.82 Å². The number of hydrogen-bond donors (Lipinski definition) is 2. The second kappa shape index (κ2) is 13.6. The normalized spacial score (nSPS) is 16.4. The van der Waals surface area contributed by atoms with Gasteiger partial charge in [0.05, 0.1) is 25.5 Å². The van der Waals surface area contributed by atoms with Crippen molar-refractivity contribution in [2.24, 2.45) is 0 Å². The number of carboxylic acid groups (broad SMARTS) is 2. The highest BCUT2D eigenvalue weighted by Crippen LogP contribution is 2.17. The van der Waals surface area contributed by atoms with Crippen molar-refractivity contribution in [1.29, 1.82) is 0 Å². The molecule has 0 atom stereocenters. The first-order chi connectivity index (χ1) is 17.6. The van der Waals surface area contributed by atoms with Crippen LogP contribution in [0, 0.1) is 6.92 Å². The lowest BCUT2D eigenvalue weighted by atomic mass is 10.1.